The van der Waals surface area contributed by atoms with Crippen LogP contribution in [-0.4, -0.2) is 19.9 Å². The lowest BCUT2D eigenvalue weighted by Crippen LogP contribution is -1.85. The van der Waals surface area contributed by atoms with E-state index in [0.29, 0.717) is 5.95 Å². The summed E-state index contributed by atoms with van der Waals surface area (Å²) in [5.41, 5.74) is 10.5. The van der Waals surface area contributed by atoms with Crippen molar-refractivity contribution in [1.82, 2.24) is 19.9 Å². The van der Waals surface area contributed by atoms with Gasteiger partial charge < -0.3 is 15.7 Å². The second kappa shape index (κ2) is 3.35. The Hall–Kier alpha value is -2.30. The fourth-order valence-corrected chi connectivity index (χ4v) is 2.05. The molecule has 0 fully saturated rings. The van der Waals surface area contributed by atoms with Gasteiger partial charge in [0.2, 0.25) is 0 Å². The molecule has 3 rings (SSSR count). The fourth-order valence-electron chi connectivity index (χ4n) is 2.05. The smallest absolute Gasteiger partial charge is 0.198 e. The summed E-state index contributed by atoms with van der Waals surface area (Å²) in [6.45, 7) is 3.90. The summed E-state index contributed by atoms with van der Waals surface area (Å²) >= 11 is 0. The van der Waals surface area contributed by atoms with Crippen molar-refractivity contribution in [3.63, 3.8) is 0 Å². The van der Waals surface area contributed by atoms with E-state index in [1.807, 2.05) is 32.0 Å². The minimum atomic E-state index is 0.443. The molecule has 2 aromatic heterocycles. The molecule has 17 heavy (non-hydrogen) atoms. The number of aromatic amines is 2. The van der Waals surface area contributed by atoms with E-state index < -0.39 is 0 Å². The average Bonchev–Trinajstić information content (AvgIpc) is 2.78. The van der Waals surface area contributed by atoms with Gasteiger partial charge in [-0.3, -0.25) is 0 Å². The number of hydrogen-bond donors (Lipinski definition) is 3. The zero-order valence-corrected chi connectivity index (χ0v) is 9.70. The summed E-state index contributed by atoms with van der Waals surface area (Å²) in [5, 5.41) is 0. The molecule has 0 saturated heterocycles. The van der Waals surface area contributed by atoms with Crippen LogP contribution in [0.2, 0.25) is 0 Å². The number of anilines is 1. The van der Waals surface area contributed by atoms with Crippen LogP contribution in [0.3, 0.4) is 0 Å². The van der Waals surface area contributed by atoms with Crippen LogP contribution >= 0.6 is 0 Å². The molecule has 0 radical (unpaired) electrons. The maximum absolute atomic E-state index is 5.65. The number of aromatic nitrogens is 4. The Morgan fingerprint density at radius 2 is 1.94 bits per heavy atom. The molecule has 2 heterocycles. The van der Waals surface area contributed by atoms with Gasteiger partial charge in [-0.05, 0) is 26.0 Å². The summed E-state index contributed by atoms with van der Waals surface area (Å²) in [7, 11) is 0. The Balaban J connectivity index is 2.20. The highest BCUT2D eigenvalue weighted by molar-refractivity contribution is 5.81. The van der Waals surface area contributed by atoms with Crippen molar-refractivity contribution in [3.8, 4) is 11.3 Å². The number of imidazole rings is 2. The first-order valence-electron chi connectivity index (χ1n) is 5.42. The maximum Gasteiger partial charge on any atom is 0.198 e. The summed E-state index contributed by atoms with van der Waals surface area (Å²) in [5.74, 6) is 1.36. The molecular weight excluding hydrogens is 214 g/mol. The molecule has 0 atom stereocenters. The van der Waals surface area contributed by atoms with Gasteiger partial charge in [-0.15, -0.1) is 0 Å². The van der Waals surface area contributed by atoms with E-state index in [1.165, 1.54) is 0 Å². The third-order valence-corrected chi connectivity index (χ3v) is 2.78. The third-order valence-electron chi connectivity index (χ3n) is 2.78. The Morgan fingerprint density at radius 1 is 1.12 bits per heavy atom. The van der Waals surface area contributed by atoms with Crippen LogP contribution in [0.1, 0.15) is 11.5 Å². The van der Waals surface area contributed by atoms with Crippen LogP contribution in [0.15, 0.2) is 18.2 Å². The fraction of sp³-hybridized carbons (Fsp3) is 0.167. The Bertz CT molecular complexity index is 692. The van der Waals surface area contributed by atoms with E-state index in [0.717, 1.165) is 33.8 Å². The second-order valence-electron chi connectivity index (χ2n) is 4.15. The van der Waals surface area contributed by atoms with Gasteiger partial charge in [-0.2, -0.15) is 0 Å². The Morgan fingerprint density at radius 3 is 2.65 bits per heavy atom. The first-order chi connectivity index (χ1) is 8.13. The number of H-pyrrole nitrogens is 2. The SMILES string of the molecule is Cc1nc2ccc(-c3nc(N)[nH]c3C)cc2[nH]1. The van der Waals surface area contributed by atoms with Gasteiger partial charge in [0, 0.05) is 11.3 Å². The van der Waals surface area contributed by atoms with Gasteiger partial charge in [0.25, 0.3) is 0 Å². The first-order valence-corrected chi connectivity index (χ1v) is 5.42. The lowest BCUT2D eigenvalue weighted by atomic mass is 10.1. The third kappa shape index (κ3) is 1.56. The van der Waals surface area contributed by atoms with Crippen molar-refractivity contribution in [2.45, 2.75) is 13.8 Å². The number of nitrogens with two attached hydrogens (primary N) is 1. The average molecular weight is 227 g/mol. The van der Waals surface area contributed by atoms with Gasteiger partial charge in [-0.25, -0.2) is 9.97 Å². The second-order valence-corrected chi connectivity index (χ2v) is 4.15. The van der Waals surface area contributed by atoms with Gasteiger partial charge in [0.15, 0.2) is 5.95 Å². The van der Waals surface area contributed by atoms with Crippen LogP contribution in [0.5, 0.6) is 0 Å². The molecule has 0 aliphatic rings. The van der Waals surface area contributed by atoms with Crippen molar-refractivity contribution >= 4 is 17.0 Å². The van der Waals surface area contributed by atoms with Crippen molar-refractivity contribution in [3.05, 3.63) is 29.7 Å². The molecule has 5 nitrogen and oxygen atoms in total. The Labute approximate surface area is 98.1 Å². The largest absolute Gasteiger partial charge is 0.369 e. The van der Waals surface area contributed by atoms with Crippen molar-refractivity contribution in [2.75, 3.05) is 5.73 Å². The predicted molar refractivity (Wildman–Crippen MR) is 67.6 cm³/mol. The number of nitrogen functional groups attached to an aromatic ring is 1. The molecule has 1 aromatic carbocycles. The molecule has 86 valence electrons. The van der Waals surface area contributed by atoms with Gasteiger partial charge in [-0.1, -0.05) is 6.07 Å². The zero-order chi connectivity index (χ0) is 12.0. The van der Waals surface area contributed by atoms with E-state index in [9.17, 15) is 0 Å². The molecule has 0 aliphatic heterocycles. The Kier molecular flexibility index (Phi) is 1.95. The van der Waals surface area contributed by atoms with E-state index in [1.54, 1.807) is 0 Å². The maximum atomic E-state index is 5.65. The van der Waals surface area contributed by atoms with Crippen LogP contribution in [-0.2, 0) is 0 Å². The van der Waals surface area contributed by atoms with E-state index >= 15 is 0 Å². The van der Waals surface area contributed by atoms with Crippen molar-refractivity contribution in [2.24, 2.45) is 0 Å². The summed E-state index contributed by atoms with van der Waals surface area (Å²) in [6, 6.07) is 6.03. The number of rotatable bonds is 1. The van der Waals surface area contributed by atoms with Gasteiger partial charge >= 0.3 is 0 Å². The number of benzene rings is 1. The topological polar surface area (TPSA) is 83.4 Å². The lowest BCUT2D eigenvalue weighted by molar-refractivity contribution is 1.17. The van der Waals surface area contributed by atoms with Crippen LogP contribution in [0, 0.1) is 13.8 Å². The molecule has 0 bridgehead atoms. The molecule has 5 heteroatoms. The molecule has 0 aliphatic carbocycles. The van der Waals surface area contributed by atoms with E-state index in [2.05, 4.69) is 19.9 Å². The summed E-state index contributed by atoms with van der Waals surface area (Å²) in [6.07, 6.45) is 0. The monoisotopic (exact) mass is 227 g/mol. The van der Waals surface area contributed by atoms with E-state index in [-0.39, 0.29) is 0 Å². The standard InChI is InChI=1S/C12H13N5/c1-6-11(17-12(13)14-6)8-3-4-9-10(5-8)16-7(2)15-9/h3-5H,1-2H3,(H,15,16)(H3,13,14,17). The highest BCUT2D eigenvalue weighted by Crippen LogP contribution is 2.25. The molecule has 0 amide bonds. The molecule has 4 N–H and O–H groups in total. The molecule has 0 spiro atoms. The number of nitrogens with one attached hydrogen (secondary N) is 2. The van der Waals surface area contributed by atoms with Crippen molar-refractivity contribution < 1.29 is 0 Å². The molecule has 0 unspecified atom stereocenters. The quantitative estimate of drug-likeness (QED) is 0.595. The summed E-state index contributed by atoms with van der Waals surface area (Å²) in [4.78, 5) is 14.9. The molecule has 3 aromatic rings. The number of hydrogen-bond acceptors (Lipinski definition) is 3. The minimum absolute atomic E-state index is 0.443. The highest BCUT2D eigenvalue weighted by Gasteiger charge is 2.09. The number of nitrogens with zero attached hydrogens (tertiary/aromatic N) is 2. The van der Waals surface area contributed by atoms with Crippen LogP contribution < -0.4 is 5.73 Å². The van der Waals surface area contributed by atoms with Gasteiger partial charge in [0.05, 0.1) is 16.7 Å². The number of fused-ring (bicyclic) bond motifs is 1. The molecule has 0 saturated carbocycles. The van der Waals surface area contributed by atoms with E-state index in [4.69, 9.17) is 5.73 Å². The summed E-state index contributed by atoms with van der Waals surface area (Å²) < 4.78 is 0. The van der Waals surface area contributed by atoms with Gasteiger partial charge in [0.1, 0.15) is 5.82 Å². The highest BCUT2D eigenvalue weighted by atomic mass is 15.0. The number of aryl methyl sites for hydroxylation is 2. The van der Waals surface area contributed by atoms with Crippen LogP contribution in [0.25, 0.3) is 22.3 Å². The zero-order valence-electron chi connectivity index (χ0n) is 9.70. The predicted octanol–water partition coefficient (Wildman–Crippen LogP) is 2.15. The normalized spacial score (nSPS) is 11.2. The van der Waals surface area contributed by atoms with Crippen LogP contribution in [0.4, 0.5) is 5.95 Å². The minimum Gasteiger partial charge on any atom is -0.369 e. The van der Waals surface area contributed by atoms with Crippen molar-refractivity contribution in [1.29, 1.82) is 0 Å². The first kappa shape index (κ1) is 9.89. The lowest BCUT2D eigenvalue weighted by Gasteiger charge is -1.98. The molecular formula is C12H13N5.